The molecule has 0 aromatic carbocycles. The Morgan fingerprint density at radius 3 is 2.48 bits per heavy atom. The van der Waals surface area contributed by atoms with Crippen LogP contribution >= 0.6 is 0 Å². The summed E-state index contributed by atoms with van der Waals surface area (Å²) >= 11 is 0. The van der Waals surface area contributed by atoms with E-state index in [0.29, 0.717) is 36.1 Å². The summed E-state index contributed by atoms with van der Waals surface area (Å²) in [5.74, 6) is 2.38. The monoisotopic (exact) mass is 401 g/mol. The van der Waals surface area contributed by atoms with Crippen LogP contribution in [0.15, 0.2) is 0 Å². The minimum Gasteiger partial charge on any atom is -0.459 e. The standard InChI is InChI=1S/C24H35NO4/c1-22-8-5-14(25)11-13(22)3-4-15-16(22)6-9-23(2)17(15)12-18-20(23)24(21(27)28-18)10-7-19(26)29-24/h13-18,20H,3-12,25H2,1-2H3/t13-,14-,15+,16+,17-,18-,20-,22-,23-,24-/m0/s1. The van der Waals surface area contributed by atoms with Crippen LogP contribution in [-0.2, 0) is 19.1 Å². The predicted octanol–water partition coefficient (Wildman–Crippen LogP) is 3.58. The van der Waals surface area contributed by atoms with Gasteiger partial charge in [-0.3, -0.25) is 4.79 Å². The molecule has 1 spiro atoms. The topological polar surface area (TPSA) is 78.6 Å². The molecule has 2 saturated heterocycles. The van der Waals surface area contributed by atoms with Crippen LogP contribution < -0.4 is 5.73 Å². The van der Waals surface area contributed by atoms with Crippen molar-refractivity contribution in [1.82, 2.24) is 0 Å². The first-order valence-corrected chi connectivity index (χ1v) is 12.0. The molecule has 6 aliphatic rings. The van der Waals surface area contributed by atoms with E-state index in [1.807, 2.05) is 0 Å². The van der Waals surface area contributed by atoms with Crippen molar-refractivity contribution in [2.45, 2.75) is 95.8 Å². The molecular weight excluding hydrogens is 366 g/mol. The van der Waals surface area contributed by atoms with Gasteiger partial charge in [-0.05, 0) is 85.9 Å². The van der Waals surface area contributed by atoms with E-state index in [0.717, 1.165) is 24.7 Å². The fourth-order valence-corrected chi connectivity index (χ4v) is 9.55. The van der Waals surface area contributed by atoms with Gasteiger partial charge < -0.3 is 15.2 Å². The second-order valence-corrected chi connectivity index (χ2v) is 11.8. The Morgan fingerprint density at radius 2 is 1.72 bits per heavy atom. The maximum absolute atomic E-state index is 12.8. The lowest BCUT2D eigenvalue weighted by atomic mass is 9.44. The molecule has 10 atom stereocenters. The third-order valence-corrected chi connectivity index (χ3v) is 10.8. The van der Waals surface area contributed by atoms with E-state index >= 15 is 0 Å². The summed E-state index contributed by atoms with van der Waals surface area (Å²) in [5.41, 5.74) is 5.81. The van der Waals surface area contributed by atoms with Gasteiger partial charge in [-0.25, -0.2) is 4.79 Å². The highest BCUT2D eigenvalue weighted by atomic mass is 16.6. The molecule has 0 aromatic heterocycles. The zero-order valence-electron chi connectivity index (χ0n) is 17.8. The molecule has 5 heteroatoms. The molecule has 2 N–H and O–H groups in total. The average molecular weight is 402 g/mol. The lowest BCUT2D eigenvalue weighted by Gasteiger charge is -2.61. The number of esters is 2. The summed E-state index contributed by atoms with van der Waals surface area (Å²) in [6.07, 6.45) is 10.4. The number of carbonyl (C=O) groups excluding carboxylic acids is 2. The van der Waals surface area contributed by atoms with Crippen molar-refractivity contribution in [3.63, 3.8) is 0 Å². The molecule has 0 unspecified atom stereocenters. The first kappa shape index (κ1) is 18.7. The number of hydrogen-bond acceptors (Lipinski definition) is 5. The van der Waals surface area contributed by atoms with Gasteiger partial charge in [0.15, 0.2) is 0 Å². The number of rotatable bonds is 0. The third kappa shape index (κ3) is 2.21. The van der Waals surface area contributed by atoms with E-state index in [9.17, 15) is 9.59 Å². The van der Waals surface area contributed by atoms with E-state index in [2.05, 4.69) is 13.8 Å². The van der Waals surface area contributed by atoms with Gasteiger partial charge in [-0.1, -0.05) is 13.8 Å². The highest BCUT2D eigenvalue weighted by Crippen LogP contribution is 2.71. The van der Waals surface area contributed by atoms with Gasteiger partial charge in [-0.2, -0.15) is 0 Å². The molecule has 0 amide bonds. The number of hydrogen-bond donors (Lipinski definition) is 1. The predicted molar refractivity (Wildman–Crippen MR) is 107 cm³/mol. The Kier molecular flexibility index (Phi) is 3.71. The number of ether oxygens (including phenoxy) is 2. The molecule has 0 bridgehead atoms. The fraction of sp³-hybridized carbons (Fsp3) is 0.917. The quantitative estimate of drug-likeness (QED) is 0.628. The number of fused-ring (bicyclic) bond motifs is 8. The summed E-state index contributed by atoms with van der Waals surface area (Å²) in [7, 11) is 0. The van der Waals surface area contributed by atoms with Crippen molar-refractivity contribution < 1.29 is 19.1 Å². The third-order valence-electron chi connectivity index (χ3n) is 10.8. The van der Waals surface area contributed by atoms with Crippen LogP contribution in [0.4, 0.5) is 0 Å². The Labute approximate surface area is 173 Å². The highest BCUT2D eigenvalue weighted by molar-refractivity contribution is 5.89. The molecular formula is C24H35NO4. The Bertz CT molecular complexity index is 768. The van der Waals surface area contributed by atoms with Crippen molar-refractivity contribution in [2.75, 3.05) is 0 Å². The molecule has 0 radical (unpaired) electrons. The normalized spacial score (nSPS) is 58.2. The summed E-state index contributed by atoms with van der Waals surface area (Å²) in [4.78, 5) is 24.8. The Balaban J connectivity index is 1.34. The largest absolute Gasteiger partial charge is 0.459 e. The summed E-state index contributed by atoms with van der Waals surface area (Å²) < 4.78 is 11.7. The van der Waals surface area contributed by atoms with Gasteiger partial charge in [0, 0.05) is 18.9 Å². The van der Waals surface area contributed by atoms with Crippen LogP contribution in [-0.4, -0.2) is 29.7 Å². The van der Waals surface area contributed by atoms with Crippen molar-refractivity contribution in [2.24, 2.45) is 46.2 Å². The summed E-state index contributed by atoms with van der Waals surface area (Å²) in [6, 6.07) is 0.389. The molecule has 2 aliphatic heterocycles. The Hall–Kier alpha value is -1.10. The van der Waals surface area contributed by atoms with Gasteiger partial charge >= 0.3 is 11.9 Å². The van der Waals surface area contributed by atoms with Crippen LogP contribution in [0.2, 0.25) is 0 Å². The molecule has 6 rings (SSSR count). The van der Waals surface area contributed by atoms with Crippen molar-refractivity contribution in [1.29, 1.82) is 0 Å². The van der Waals surface area contributed by atoms with E-state index in [4.69, 9.17) is 15.2 Å². The molecule has 2 heterocycles. The molecule has 4 aliphatic carbocycles. The van der Waals surface area contributed by atoms with Gasteiger partial charge in [0.05, 0.1) is 5.92 Å². The minimum absolute atomic E-state index is 0.0386. The fourth-order valence-electron chi connectivity index (χ4n) is 9.55. The zero-order valence-corrected chi connectivity index (χ0v) is 17.8. The van der Waals surface area contributed by atoms with Gasteiger partial charge in [-0.15, -0.1) is 0 Å². The molecule has 5 nitrogen and oxygen atoms in total. The van der Waals surface area contributed by atoms with Crippen molar-refractivity contribution >= 4 is 11.9 Å². The molecule has 160 valence electrons. The van der Waals surface area contributed by atoms with Crippen LogP contribution in [0.5, 0.6) is 0 Å². The highest BCUT2D eigenvalue weighted by Gasteiger charge is 2.74. The average Bonchev–Trinajstić information content (AvgIpc) is 3.28. The van der Waals surface area contributed by atoms with E-state index in [1.165, 1.54) is 38.5 Å². The van der Waals surface area contributed by atoms with Crippen molar-refractivity contribution in [3.8, 4) is 0 Å². The van der Waals surface area contributed by atoms with Crippen molar-refractivity contribution in [3.05, 3.63) is 0 Å². The van der Waals surface area contributed by atoms with E-state index < -0.39 is 5.60 Å². The van der Waals surface area contributed by atoms with Gasteiger partial charge in [0.25, 0.3) is 0 Å². The second kappa shape index (κ2) is 5.77. The Morgan fingerprint density at radius 1 is 0.931 bits per heavy atom. The molecule has 0 aromatic rings. The first-order valence-electron chi connectivity index (χ1n) is 12.0. The number of carbonyl (C=O) groups is 2. The zero-order chi connectivity index (χ0) is 20.2. The minimum atomic E-state index is -0.989. The van der Waals surface area contributed by atoms with Crippen LogP contribution in [0.1, 0.15) is 78.1 Å². The van der Waals surface area contributed by atoms with Crippen LogP contribution in [0.3, 0.4) is 0 Å². The van der Waals surface area contributed by atoms with Gasteiger partial charge in [0.1, 0.15) is 6.10 Å². The van der Waals surface area contributed by atoms with Crippen LogP contribution in [0, 0.1) is 40.4 Å². The summed E-state index contributed by atoms with van der Waals surface area (Å²) in [5, 5.41) is 0. The maximum atomic E-state index is 12.8. The number of nitrogens with two attached hydrogens (primary N) is 1. The lowest BCUT2D eigenvalue weighted by molar-refractivity contribution is -0.175. The molecule has 4 saturated carbocycles. The SMILES string of the molecule is C[C@]12CC[C@H](N)C[C@@H]1CC[C@@H]1[C@H]2CC[C@@]2(C)[C@H]1C[C@@H]1OC(=O)[C@]3(CCC(=O)O3)[C@@H]12. The second-order valence-electron chi connectivity index (χ2n) is 11.8. The smallest absolute Gasteiger partial charge is 0.351 e. The van der Waals surface area contributed by atoms with Crippen LogP contribution in [0.25, 0.3) is 0 Å². The summed E-state index contributed by atoms with van der Waals surface area (Å²) in [6.45, 7) is 4.94. The van der Waals surface area contributed by atoms with Gasteiger partial charge in [0.2, 0.25) is 5.60 Å². The maximum Gasteiger partial charge on any atom is 0.351 e. The van der Waals surface area contributed by atoms with E-state index in [-0.39, 0.29) is 29.4 Å². The van der Waals surface area contributed by atoms with E-state index in [1.54, 1.807) is 0 Å². The molecule has 29 heavy (non-hydrogen) atoms. The lowest BCUT2D eigenvalue weighted by Crippen LogP contribution is -2.56. The first-order chi connectivity index (χ1) is 13.8. The molecule has 6 fully saturated rings.